The highest BCUT2D eigenvalue weighted by atomic mass is 16.5. The highest BCUT2D eigenvalue weighted by Crippen LogP contribution is 2.62. The van der Waals surface area contributed by atoms with Gasteiger partial charge >= 0.3 is 0 Å². The van der Waals surface area contributed by atoms with Crippen molar-refractivity contribution in [1.82, 2.24) is 0 Å². The smallest absolute Gasteiger partial charge is 0.124 e. The number of methoxy groups -OCH3 is 2. The third kappa shape index (κ3) is 1.77. The Morgan fingerprint density at radius 3 is 2.50 bits per heavy atom. The molecule has 0 aliphatic heterocycles. The first kappa shape index (κ1) is 11.8. The van der Waals surface area contributed by atoms with Gasteiger partial charge in [0.25, 0.3) is 0 Å². The molecule has 0 saturated heterocycles. The molecule has 0 bridgehead atoms. The summed E-state index contributed by atoms with van der Waals surface area (Å²) in [5.41, 5.74) is 0.872. The van der Waals surface area contributed by atoms with E-state index in [1.54, 1.807) is 14.2 Å². The predicted molar refractivity (Wildman–Crippen MR) is 68.8 cm³/mol. The van der Waals surface area contributed by atoms with E-state index in [9.17, 15) is 5.11 Å². The van der Waals surface area contributed by atoms with Crippen LogP contribution in [0, 0.1) is 17.8 Å². The Kier molecular flexibility index (Phi) is 2.94. The number of aliphatic hydroxyl groups excluding tert-OH is 1. The standard InChI is InChI=1S/C15H20O3/c1-17-9-6-7-13(18-2)12(8-9)15(16)14-10-4-3-5-11(10)14/h6-8,10-11,14-16H,3-5H2,1-2H3. The first-order valence-electron chi connectivity index (χ1n) is 6.66. The molecule has 2 saturated carbocycles. The van der Waals surface area contributed by atoms with Gasteiger partial charge < -0.3 is 14.6 Å². The molecule has 1 aromatic rings. The number of hydrogen-bond acceptors (Lipinski definition) is 3. The maximum Gasteiger partial charge on any atom is 0.124 e. The van der Waals surface area contributed by atoms with Gasteiger partial charge in [-0.25, -0.2) is 0 Å². The fourth-order valence-corrected chi connectivity index (χ4v) is 3.62. The fraction of sp³-hybridized carbons (Fsp3) is 0.600. The number of hydrogen-bond donors (Lipinski definition) is 1. The van der Waals surface area contributed by atoms with E-state index >= 15 is 0 Å². The summed E-state index contributed by atoms with van der Waals surface area (Å²) in [6.45, 7) is 0. The van der Waals surface area contributed by atoms with Crippen molar-refractivity contribution in [1.29, 1.82) is 0 Å². The molecular weight excluding hydrogens is 228 g/mol. The molecular formula is C15H20O3. The van der Waals surface area contributed by atoms with Gasteiger partial charge in [-0.05, 0) is 48.8 Å². The second kappa shape index (κ2) is 4.47. The van der Waals surface area contributed by atoms with Gasteiger partial charge in [0.15, 0.2) is 0 Å². The van der Waals surface area contributed by atoms with E-state index in [1.165, 1.54) is 19.3 Å². The predicted octanol–water partition coefficient (Wildman–Crippen LogP) is 2.78. The van der Waals surface area contributed by atoms with Gasteiger partial charge in [-0.2, -0.15) is 0 Å². The van der Waals surface area contributed by atoms with Crippen LogP contribution in [0.25, 0.3) is 0 Å². The van der Waals surface area contributed by atoms with E-state index in [-0.39, 0.29) is 0 Å². The molecule has 2 fully saturated rings. The molecule has 0 heterocycles. The van der Waals surface area contributed by atoms with Gasteiger partial charge in [0, 0.05) is 5.56 Å². The van der Waals surface area contributed by atoms with Gasteiger partial charge in [0.1, 0.15) is 11.5 Å². The SMILES string of the molecule is COc1ccc(OC)c(C(O)C2C3CCCC32)c1. The third-order valence-corrected chi connectivity index (χ3v) is 4.59. The van der Waals surface area contributed by atoms with Gasteiger partial charge in [-0.15, -0.1) is 0 Å². The highest BCUT2D eigenvalue weighted by molar-refractivity contribution is 5.42. The maximum absolute atomic E-state index is 10.6. The van der Waals surface area contributed by atoms with Crippen molar-refractivity contribution in [2.45, 2.75) is 25.4 Å². The fourth-order valence-electron chi connectivity index (χ4n) is 3.62. The van der Waals surface area contributed by atoms with Gasteiger partial charge in [0.05, 0.1) is 20.3 Å². The Balaban J connectivity index is 1.85. The van der Waals surface area contributed by atoms with Crippen molar-refractivity contribution >= 4 is 0 Å². The van der Waals surface area contributed by atoms with Crippen LogP contribution in [0.3, 0.4) is 0 Å². The Labute approximate surface area is 108 Å². The molecule has 0 aromatic heterocycles. The van der Waals surface area contributed by atoms with E-state index in [1.807, 2.05) is 18.2 Å². The molecule has 3 heteroatoms. The van der Waals surface area contributed by atoms with Crippen molar-refractivity contribution < 1.29 is 14.6 Å². The lowest BCUT2D eigenvalue weighted by atomic mass is 9.98. The first-order chi connectivity index (χ1) is 8.76. The summed E-state index contributed by atoms with van der Waals surface area (Å²) in [6.07, 6.45) is 3.47. The van der Waals surface area contributed by atoms with Gasteiger partial charge in [-0.3, -0.25) is 0 Å². The largest absolute Gasteiger partial charge is 0.497 e. The summed E-state index contributed by atoms with van der Waals surface area (Å²) < 4.78 is 10.6. The average molecular weight is 248 g/mol. The lowest BCUT2D eigenvalue weighted by molar-refractivity contribution is 0.133. The molecule has 3 unspecified atom stereocenters. The zero-order valence-corrected chi connectivity index (χ0v) is 10.9. The molecule has 1 N–H and O–H groups in total. The summed E-state index contributed by atoms with van der Waals surface area (Å²) in [4.78, 5) is 0. The Morgan fingerprint density at radius 1 is 1.17 bits per heavy atom. The van der Waals surface area contributed by atoms with E-state index in [2.05, 4.69) is 0 Å². The lowest BCUT2D eigenvalue weighted by Gasteiger charge is -2.17. The monoisotopic (exact) mass is 248 g/mol. The van der Waals surface area contributed by atoms with E-state index in [4.69, 9.17) is 9.47 Å². The van der Waals surface area contributed by atoms with Crippen molar-refractivity contribution in [2.24, 2.45) is 17.8 Å². The second-order valence-corrected chi connectivity index (χ2v) is 5.39. The molecule has 0 spiro atoms. The molecule has 3 nitrogen and oxygen atoms in total. The zero-order valence-electron chi connectivity index (χ0n) is 10.9. The molecule has 0 radical (unpaired) electrons. The molecule has 2 aliphatic rings. The van der Waals surface area contributed by atoms with Crippen LogP contribution in [0.5, 0.6) is 11.5 Å². The number of benzene rings is 1. The van der Waals surface area contributed by atoms with Crippen LogP contribution >= 0.6 is 0 Å². The molecule has 0 amide bonds. The average Bonchev–Trinajstić information content (AvgIpc) is 2.89. The van der Waals surface area contributed by atoms with Crippen LogP contribution in [0.2, 0.25) is 0 Å². The second-order valence-electron chi connectivity index (χ2n) is 5.39. The Bertz CT molecular complexity index is 433. The van der Waals surface area contributed by atoms with Crippen LogP contribution in [0.4, 0.5) is 0 Å². The van der Waals surface area contributed by atoms with Crippen molar-refractivity contribution in [3.63, 3.8) is 0 Å². The van der Waals surface area contributed by atoms with Gasteiger partial charge in [0.2, 0.25) is 0 Å². The number of rotatable bonds is 4. The maximum atomic E-state index is 10.6. The Morgan fingerprint density at radius 2 is 1.89 bits per heavy atom. The number of ether oxygens (including phenoxy) is 2. The topological polar surface area (TPSA) is 38.7 Å². The molecule has 98 valence electrons. The number of fused-ring (bicyclic) bond motifs is 1. The quantitative estimate of drug-likeness (QED) is 0.890. The lowest BCUT2D eigenvalue weighted by Crippen LogP contribution is -2.06. The van der Waals surface area contributed by atoms with E-state index in [0.717, 1.165) is 28.9 Å². The summed E-state index contributed by atoms with van der Waals surface area (Å²) in [6, 6.07) is 5.63. The summed E-state index contributed by atoms with van der Waals surface area (Å²) in [5, 5.41) is 10.6. The molecule has 2 aliphatic carbocycles. The van der Waals surface area contributed by atoms with E-state index in [0.29, 0.717) is 5.92 Å². The normalized spacial score (nSPS) is 30.7. The van der Waals surface area contributed by atoms with Crippen LogP contribution in [-0.4, -0.2) is 19.3 Å². The minimum atomic E-state index is -0.412. The van der Waals surface area contributed by atoms with Crippen molar-refractivity contribution in [3.8, 4) is 11.5 Å². The Hall–Kier alpha value is -1.22. The van der Waals surface area contributed by atoms with E-state index < -0.39 is 6.10 Å². The van der Waals surface area contributed by atoms with Crippen LogP contribution < -0.4 is 9.47 Å². The molecule has 1 aromatic carbocycles. The van der Waals surface area contributed by atoms with Gasteiger partial charge in [-0.1, -0.05) is 6.42 Å². The summed E-state index contributed by atoms with van der Waals surface area (Å²) in [7, 11) is 3.29. The van der Waals surface area contributed by atoms with Crippen molar-refractivity contribution in [3.05, 3.63) is 23.8 Å². The molecule has 3 rings (SSSR count). The minimum absolute atomic E-state index is 0.412. The first-order valence-corrected chi connectivity index (χ1v) is 6.66. The van der Waals surface area contributed by atoms with Crippen LogP contribution in [0.15, 0.2) is 18.2 Å². The third-order valence-electron chi connectivity index (χ3n) is 4.59. The molecule has 18 heavy (non-hydrogen) atoms. The minimum Gasteiger partial charge on any atom is -0.497 e. The summed E-state index contributed by atoms with van der Waals surface area (Å²) >= 11 is 0. The highest BCUT2D eigenvalue weighted by Gasteiger charge is 2.56. The van der Waals surface area contributed by atoms with Crippen LogP contribution in [0.1, 0.15) is 30.9 Å². The van der Waals surface area contributed by atoms with Crippen molar-refractivity contribution in [2.75, 3.05) is 14.2 Å². The molecule has 3 atom stereocenters. The number of aliphatic hydroxyl groups is 1. The zero-order chi connectivity index (χ0) is 12.7. The van der Waals surface area contributed by atoms with Crippen LogP contribution in [-0.2, 0) is 0 Å². The summed E-state index contributed by atoms with van der Waals surface area (Å²) in [5.74, 6) is 3.43.